The van der Waals surface area contributed by atoms with Crippen molar-refractivity contribution < 1.29 is 19.1 Å². The number of amides is 2. The monoisotopic (exact) mass is 391 g/mol. The maximum atomic E-state index is 12.2. The van der Waals surface area contributed by atoms with Gasteiger partial charge in [0.05, 0.1) is 6.61 Å². The van der Waals surface area contributed by atoms with Crippen molar-refractivity contribution in [3.05, 3.63) is 89.7 Å². The van der Waals surface area contributed by atoms with Crippen LogP contribution in [0, 0.1) is 0 Å². The minimum atomic E-state index is -0.416. The van der Waals surface area contributed by atoms with Crippen molar-refractivity contribution in [3.63, 3.8) is 0 Å². The van der Waals surface area contributed by atoms with Gasteiger partial charge in [-0.2, -0.15) is 0 Å². The minimum absolute atomic E-state index is 0.370. The molecule has 0 saturated heterocycles. The van der Waals surface area contributed by atoms with Crippen LogP contribution in [-0.2, 0) is 6.61 Å². The first kappa shape index (κ1) is 19.9. The van der Waals surface area contributed by atoms with Crippen LogP contribution in [0.1, 0.15) is 33.2 Å². The normalized spacial score (nSPS) is 10.1. The number of pyridine rings is 1. The molecule has 2 N–H and O–H groups in total. The van der Waals surface area contributed by atoms with Gasteiger partial charge in [-0.3, -0.25) is 25.4 Å². The van der Waals surface area contributed by atoms with Crippen LogP contribution in [0.25, 0.3) is 0 Å². The van der Waals surface area contributed by atoms with Crippen LogP contribution in [0.5, 0.6) is 11.5 Å². The number of nitrogens with zero attached hydrogens (tertiary/aromatic N) is 1. The number of aromatic nitrogens is 1. The van der Waals surface area contributed by atoms with E-state index in [2.05, 4.69) is 15.8 Å². The molecule has 0 aliphatic carbocycles. The molecule has 0 bridgehead atoms. The van der Waals surface area contributed by atoms with Gasteiger partial charge in [0.15, 0.2) is 0 Å². The number of carbonyl (C=O) groups is 2. The van der Waals surface area contributed by atoms with E-state index in [0.29, 0.717) is 24.3 Å². The molecule has 7 heteroatoms. The highest BCUT2D eigenvalue weighted by Gasteiger charge is 2.09. The lowest BCUT2D eigenvalue weighted by Gasteiger charge is -2.09. The third-order valence-electron chi connectivity index (χ3n) is 3.99. The van der Waals surface area contributed by atoms with Gasteiger partial charge in [0.25, 0.3) is 11.8 Å². The first-order chi connectivity index (χ1) is 14.2. The average molecular weight is 391 g/mol. The van der Waals surface area contributed by atoms with Gasteiger partial charge in [-0.15, -0.1) is 0 Å². The van der Waals surface area contributed by atoms with E-state index in [0.717, 1.165) is 17.1 Å². The fourth-order valence-corrected chi connectivity index (χ4v) is 2.48. The Hall–Kier alpha value is -3.87. The van der Waals surface area contributed by atoms with Gasteiger partial charge in [0.1, 0.15) is 18.1 Å². The van der Waals surface area contributed by atoms with Crippen molar-refractivity contribution in [2.75, 3.05) is 6.61 Å². The van der Waals surface area contributed by atoms with E-state index in [1.54, 1.807) is 36.4 Å². The lowest BCUT2D eigenvalue weighted by atomic mass is 10.1. The topological polar surface area (TPSA) is 89.5 Å². The third-order valence-corrected chi connectivity index (χ3v) is 3.99. The van der Waals surface area contributed by atoms with E-state index in [1.807, 2.05) is 31.2 Å². The molecule has 7 nitrogen and oxygen atoms in total. The Morgan fingerprint density at radius 2 is 1.28 bits per heavy atom. The van der Waals surface area contributed by atoms with Crippen LogP contribution in [0.15, 0.2) is 73.1 Å². The van der Waals surface area contributed by atoms with Gasteiger partial charge < -0.3 is 9.47 Å². The van der Waals surface area contributed by atoms with E-state index >= 15 is 0 Å². The van der Waals surface area contributed by atoms with Crippen molar-refractivity contribution in [2.24, 2.45) is 0 Å². The first-order valence-electron chi connectivity index (χ1n) is 9.11. The minimum Gasteiger partial charge on any atom is -0.494 e. The first-order valence-corrected chi connectivity index (χ1v) is 9.11. The van der Waals surface area contributed by atoms with Crippen molar-refractivity contribution in [3.8, 4) is 11.5 Å². The largest absolute Gasteiger partial charge is 0.494 e. The number of nitrogens with one attached hydrogen (secondary N) is 2. The highest BCUT2D eigenvalue weighted by atomic mass is 16.5. The Bertz CT molecular complexity index is 942. The van der Waals surface area contributed by atoms with Gasteiger partial charge in [0, 0.05) is 23.5 Å². The summed E-state index contributed by atoms with van der Waals surface area (Å²) in [5, 5.41) is 0. The summed E-state index contributed by atoms with van der Waals surface area (Å²) in [4.78, 5) is 28.0. The van der Waals surface area contributed by atoms with Crippen LogP contribution in [0.3, 0.4) is 0 Å². The van der Waals surface area contributed by atoms with Crippen LogP contribution in [0.4, 0.5) is 0 Å². The zero-order valence-electron chi connectivity index (χ0n) is 15.9. The summed E-state index contributed by atoms with van der Waals surface area (Å²) in [6.07, 6.45) is 3.01. The Morgan fingerprint density at radius 1 is 0.759 bits per heavy atom. The molecule has 0 radical (unpaired) electrons. The summed E-state index contributed by atoms with van der Waals surface area (Å²) in [7, 11) is 0. The highest BCUT2D eigenvalue weighted by molar-refractivity contribution is 5.98. The number of hydrogen-bond donors (Lipinski definition) is 2. The molecular formula is C22H21N3O4. The predicted molar refractivity (Wildman–Crippen MR) is 108 cm³/mol. The number of ether oxygens (including phenoxy) is 2. The van der Waals surface area contributed by atoms with E-state index < -0.39 is 11.8 Å². The Labute approximate surface area is 168 Å². The summed E-state index contributed by atoms with van der Waals surface area (Å²) in [5.41, 5.74) is 6.50. The molecule has 1 heterocycles. The zero-order chi connectivity index (χ0) is 20.5. The Kier molecular flexibility index (Phi) is 6.78. The van der Waals surface area contributed by atoms with Crippen LogP contribution < -0.4 is 20.3 Å². The molecule has 2 amide bonds. The van der Waals surface area contributed by atoms with Crippen molar-refractivity contribution >= 4 is 11.8 Å². The van der Waals surface area contributed by atoms with E-state index in [4.69, 9.17) is 9.47 Å². The average Bonchev–Trinajstić information content (AvgIpc) is 2.78. The Morgan fingerprint density at radius 3 is 1.83 bits per heavy atom. The second kappa shape index (κ2) is 9.89. The number of hydrogen-bond acceptors (Lipinski definition) is 5. The quantitative estimate of drug-likeness (QED) is 0.604. The molecule has 0 saturated carbocycles. The smallest absolute Gasteiger partial charge is 0.269 e. The van der Waals surface area contributed by atoms with Gasteiger partial charge in [0.2, 0.25) is 0 Å². The molecule has 0 fully saturated rings. The number of rotatable bonds is 7. The van der Waals surface area contributed by atoms with E-state index in [1.165, 1.54) is 12.4 Å². The van der Waals surface area contributed by atoms with Crippen molar-refractivity contribution in [2.45, 2.75) is 13.5 Å². The highest BCUT2D eigenvalue weighted by Crippen LogP contribution is 2.18. The van der Waals surface area contributed by atoms with Gasteiger partial charge in [-0.05, 0) is 61.0 Å². The van der Waals surface area contributed by atoms with Crippen LogP contribution >= 0.6 is 0 Å². The molecule has 0 spiro atoms. The molecule has 0 unspecified atom stereocenters. The summed E-state index contributed by atoms with van der Waals surface area (Å²) in [5.74, 6) is 0.702. The summed E-state index contributed by atoms with van der Waals surface area (Å²) < 4.78 is 11.1. The second-order valence-electron chi connectivity index (χ2n) is 6.03. The van der Waals surface area contributed by atoms with Gasteiger partial charge in [-0.1, -0.05) is 12.1 Å². The molecule has 0 atom stereocenters. The third kappa shape index (κ3) is 5.80. The molecule has 1 aromatic heterocycles. The zero-order valence-corrected chi connectivity index (χ0v) is 15.9. The molecule has 3 rings (SSSR count). The molecule has 0 aliphatic heterocycles. The lowest BCUT2D eigenvalue weighted by molar-refractivity contribution is 0.0846. The number of carbonyl (C=O) groups excluding carboxylic acids is 2. The van der Waals surface area contributed by atoms with Crippen LogP contribution in [-0.4, -0.2) is 23.4 Å². The summed E-state index contributed by atoms with van der Waals surface area (Å²) in [6.45, 7) is 2.92. The Balaban J connectivity index is 1.48. The predicted octanol–water partition coefficient (Wildman–Crippen LogP) is 3.13. The second-order valence-corrected chi connectivity index (χ2v) is 6.03. The molecule has 3 aromatic rings. The SMILES string of the molecule is CCOc1ccc(OCc2ccc(C(=O)NNC(=O)c3ccncc3)cc2)cc1. The molecule has 29 heavy (non-hydrogen) atoms. The molecule has 148 valence electrons. The molecule has 0 aliphatic rings. The summed E-state index contributed by atoms with van der Waals surface area (Å²) in [6, 6.07) is 17.5. The van der Waals surface area contributed by atoms with Crippen LogP contribution in [0.2, 0.25) is 0 Å². The van der Waals surface area contributed by atoms with E-state index in [-0.39, 0.29) is 0 Å². The van der Waals surface area contributed by atoms with Gasteiger partial charge >= 0.3 is 0 Å². The lowest BCUT2D eigenvalue weighted by Crippen LogP contribution is -2.41. The van der Waals surface area contributed by atoms with Crippen molar-refractivity contribution in [1.29, 1.82) is 0 Å². The fourth-order valence-electron chi connectivity index (χ4n) is 2.48. The molecular weight excluding hydrogens is 370 g/mol. The maximum Gasteiger partial charge on any atom is 0.269 e. The molecule has 2 aromatic carbocycles. The fraction of sp³-hybridized carbons (Fsp3) is 0.136. The number of benzene rings is 2. The maximum absolute atomic E-state index is 12.2. The van der Waals surface area contributed by atoms with Crippen molar-refractivity contribution in [1.82, 2.24) is 15.8 Å². The van der Waals surface area contributed by atoms with E-state index in [9.17, 15) is 9.59 Å². The van der Waals surface area contributed by atoms with Gasteiger partial charge in [-0.25, -0.2) is 0 Å². The standard InChI is InChI=1S/C22H21N3O4/c1-2-28-19-7-9-20(10-8-19)29-15-16-3-5-17(6-4-16)21(26)24-25-22(27)18-11-13-23-14-12-18/h3-14H,2,15H2,1H3,(H,24,26)(H,25,27). The summed E-state index contributed by atoms with van der Waals surface area (Å²) >= 11 is 0. The number of hydrazine groups is 1.